The summed E-state index contributed by atoms with van der Waals surface area (Å²) in [5.41, 5.74) is 3.55. The van der Waals surface area contributed by atoms with Crippen molar-refractivity contribution in [3.05, 3.63) is 48.2 Å². The second-order valence-corrected chi connectivity index (χ2v) is 7.79. The van der Waals surface area contributed by atoms with Crippen molar-refractivity contribution >= 4 is 22.8 Å². The van der Waals surface area contributed by atoms with Gasteiger partial charge in [0.1, 0.15) is 11.2 Å². The molecule has 1 fully saturated rings. The molecule has 0 radical (unpaired) electrons. The lowest BCUT2D eigenvalue weighted by molar-refractivity contribution is 0.0706. The smallest absolute Gasteiger partial charge is 0.272 e. The summed E-state index contributed by atoms with van der Waals surface area (Å²) in [5, 5.41) is 0. The Morgan fingerprint density at radius 3 is 2.77 bits per heavy atom. The van der Waals surface area contributed by atoms with E-state index in [0.717, 1.165) is 41.9 Å². The molecule has 158 valence electrons. The van der Waals surface area contributed by atoms with Gasteiger partial charge in [0.15, 0.2) is 5.82 Å². The van der Waals surface area contributed by atoms with Crippen LogP contribution in [0.3, 0.4) is 0 Å². The third-order valence-corrected chi connectivity index (χ3v) is 5.79. The summed E-state index contributed by atoms with van der Waals surface area (Å²) in [7, 11) is 5.73. The van der Waals surface area contributed by atoms with Crippen LogP contribution in [0.15, 0.2) is 36.8 Å². The third kappa shape index (κ3) is 4.00. The number of fused-ring (bicyclic) bond motifs is 1. The van der Waals surface area contributed by atoms with E-state index in [9.17, 15) is 4.79 Å². The highest BCUT2D eigenvalue weighted by molar-refractivity contribution is 5.92. The minimum atomic E-state index is 0.00378. The van der Waals surface area contributed by atoms with Crippen molar-refractivity contribution < 1.29 is 9.53 Å². The maximum absolute atomic E-state index is 12.7. The molecule has 8 nitrogen and oxygen atoms in total. The first-order valence-corrected chi connectivity index (χ1v) is 10.3. The van der Waals surface area contributed by atoms with Crippen LogP contribution in [-0.4, -0.2) is 70.7 Å². The number of aromatic nitrogens is 4. The van der Waals surface area contributed by atoms with E-state index in [4.69, 9.17) is 9.72 Å². The number of methoxy groups -OCH3 is 1. The Kier molecular flexibility index (Phi) is 5.94. The number of ether oxygens (including phenoxy) is 1. The topological polar surface area (TPSA) is 76.4 Å². The Bertz CT molecular complexity index is 1010. The van der Waals surface area contributed by atoms with Gasteiger partial charge in [-0.15, -0.1) is 0 Å². The van der Waals surface area contributed by atoms with Crippen molar-refractivity contribution in [3.8, 4) is 0 Å². The summed E-state index contributed by atoms with van der Waals surface area (Å²) in [5.74, 6) is 1.20. The Morgan fingerprint density at radius 1 is 1.27 bits per heavy atom. The van der Waals surface area contributed by atoms with Gasteiger partial charge in [0, 0.05) is 58.6 Å². The SMILES string of the molecule is COCCN(C)c1nc(C2CCN(C(=O)c3ccccn3)CC2)cc2c1ncn2C. The fourth-order valence-electron chi connectivity index (χ4n) is 3.97. The second kappa shape index (κ2) is 8.79. The van der Waals surface area contributed by atoms with Crippen molar-refractivity contribution in [1.82, 2.24) is 24.4 Å². The summed E-state index contributed by atoms with van der Waals surface area (Å²) in [6.45, 7) is 2.79. The summed E-state index contributed by atoms with van der Waals surface area (Å²) < 4.78 is 7.27. The van der Waals surface area contributed by atoms with Crippen LogP contribution < -0.4 is 4.90 Å². The normalized spacial score (nSPS) is 15.0. The summed E-state index contributed by atoms with van der Waals surface area (Å²) in [6, 6.07) is 7.59. The van der Waals surface area contributed by atoms with E-state index in [1.807, 2.05) is 42.0 Å². The zero-order valence-electron chi connectivity index (χ0n) is 17.8. The molecule has 0 aromatic carbocycles. The standard InChI is InChI=1S/C22H28N6O2/c1-26(12-13-30-3)21-20-19(27(2)15-24-20)14-18(25-21)16-7-10-28(11-8-16)22(29)17-6-4-5-9-23-17/h4-6,9,14-16H,7-8,10-13H2,1-3H3. The number of piperidine rings is 1. The van der Waals surface area contributed by atoms with Crippen LogP contribution in [-0.2, 0) is 11.8 Å². The lowest BCUT2D eigenvalue weighted by Gasteiger charge is -2.32. The molecule has 1 aliphatic heterocycles. The van der Waals surface area contributed by atoms with Gasteiger partial charge >= 0.3 is 0 Å². The van der Waals surface area contributed by atoms with Gasteiger partial charge in [0.05, 0.1) is 18.5 Å². The second-order valence-electron chi connectivity index (χ2n) is 7.79. The number of rotatable bonds is 6. The van der Waals surface area contributed by atoms with E-state index in [1.54, 1.807) is 19.4 Å². The van der Waals surface area contributed by atoms with E-state index in [0.29, 0.717) is 31.3 Å². The molecule has 8 heteroatoms. The molecule has 1 saturated heterocycles. The minimum Gasteiger partial charge on any atom is -0.383 e. The van der Waals surface area contributed by atoms with Gasteiger partial charge in [-0.2, -0.15) is 0 Å². The number of likely N-dealkylation sites (tertiary alicyclic amines) is 1. The maximum atomic E-state index is 12.7. The minimum absolute atomic E-state index is 0.00378. The lowest BCUT2D eigenvalue weighted by Crippen LogP contribution is -2.38. The molecule has 0 saturated carbocycles. The zero-order valence-corrected chi connectivity index (χ0v) is 17.8. The largest absolute Gasteiger partial charge is 0.383 e. The summed E-state index contributed by atoms with van der Waals surface area (Å²) >= 11 is 0. The highest BCUT2D eigenvalue weighted by Crippen LogP contribution is 2.32. The van der Waals surface area contributed by atoms with Crippen molar-refractivity contribution in [1.29, 1.82) is 0 Å². The number of aryl methyl sites for hydroxylation is 1. The monoisotopic (exact) mass is 408 g/mol. The maximum Gasteiger partial charge on any atom is 0.272 e. The van der Waals surface area contributed by atoms with Crippen LogP contribution in [0.1, 0.15) is 34.9 Å². The van der Waals surface area contributed by atoms with Crippen molar-refractivity contribution in [2.75, 3.05) is 45.3 Å². The molecular formula is C22H28N6O2. The van der Waals surface area contributed by atoms with Crippen LogP contribution in [0.4, 0.5) is 5.82 Å². The number of likely N-dealkylation sites (N-methyl/N-ethyl adjacent to an activating group) is 1. The Labute approximate surface area is 176 Å². The highest BCUT2D eigenvalue weighted by Gasteiger charge is 2.27. The molecule has 3 aromatic heterocycles. The van der Waals surface area contributed by atoms with Gasteiger partial charge in [0.2, 0.25) is 0 Å². The van der Waals surface area contributed by atoms with E-state index < -0.39 is 0 Å². The van der Waals surface area contributed by atoms with E-state index in [-0.39, 0.29) is 5.91 Å². The van der Waals surface area contributed by atoms with E-state index in [2.05, 4.69) is 20.9 Å². The van der Waals surface area contributed by atoms with Crippen molar-refractivity contribution in [3.63, 3.8) is 0 Å². The summed E-state index contributed by atoms with van der Waals surface area (Å²) in [6.07, 6.45) is 5.26. The molecule has 1 aliphatic rings. The van der Waals surface area contributed by atoms with Crippen LogP contribution in [0.25, 0.3) is 11.0 Å². The molecule has 0 unspecified atom stereocenters. The number of nitrogens with zero attached hydrogens (tertiary/aromatic N) is 6. The fourth-order valence-corrected chi connectivity index (χ4v) is 3.97. The molecule has 0 aliphatic carbocycles. The number of carbonyl (C=O) groups excluding carboxylic acids is 1. The van der Waals surface area contributed by atoms with Gasteiger partial charge in [-0.05, 0) is 31.0 Å². The van der Waals surface area contributed by atoms with Crippen LogP contribution in [0.5, 0.6) is 0 Å². The zero-order chi connectivity index (χ0) is 21.1. The van der Waals surface area contributed by atoms with Crippen LogP contribution >= 0.6 is 0 Å². The number of carbonyl (C=O) groups is 1. The fraction of sp³-hybridized carbons (Fsp3) is 0.455. The van der Waals surface area contributed by atoms with Crippen molar-refractivity contribution in [2.45, 2.75) is 18.8 Å². The predicted octanol–water partition coefficient (Wildman–Crippen LogP) is 2.47. The van der Waals surface area contributed by atoms with Gasteiger partial charge < -0.3 is 19.1 Å². The third-order valence-electron chi connectivity index (χ3n) is 5.79. The summed E-state index contributed by atoms with van der Waals surface area (Å²) in [4.78, 5) is 30.4. The molecular weight excluding hydrogens is 380 g/mol. The van der Waals surface area contributed by atoms with Crippen LogP contribution in [0, 0.1) is 0 Å². The number of hydrogen-bond acceptors (Lipinski definition) is 6. The molecule has 3 aromatic rings. The number of imidazole rings is 1. The molecule has 0 bridgehead atoms. The van der Waals surface area contributed by atoms with Gasteiger partial charge in [0.25, 0.3) is 5.91 Å². The first-order chi connectivity index (χ1) is 14.6. The molecule has 0 atom stereocenters. The quantitative estimate of drug-likeness (QED) is 0.624. The van der Waals surface area contributed by atoms with E-state index >= 15 is 0 Å². The Morgan fingerprint density at radius 2 is 2.07 bits per heavy atom. The average molecular weight is 409 g/mol. The Hall–Kier alpha value is -3.00. The van der Waals surface area contributed by atoms with E-state index in [1.165, 1.54) is 0 Å². The molecule has 30 heavy (non-hydrogen) atoms. The Balaban J connectivity index is 1.54. The lowest BCUT2D eigenvalue weighted by atomic mass is 9.92. The highest BCUT2D eigenvalue weighted by atomic mass is 16.5. The van der Waals surface area contributed by atoms with Gasteiger partial charge in [-0.25, -0.2) is 9.97 Å². The predicted molar refractivity (Wildman–Crippen MR) is 116 cm³/mol. The molecule has 1 amide bonds. The average Bonchev–Trinajstić information content (AvgIpc) is 3.17. The molecule has 0 N–H and O–H groups in total. The number of pyridine rings is 2. The number of hydrogen-bond donors (Lipinski definition) is 0. The molecule has 4 rings (SSSR count). The number of amides is 1. The number of anilines is 1. The molecule has 0 spiro atoms. The van der Waals surface area contributed by atoms with Gasteiger partial charge in [-0.3, -0.25) is 9.78 Å². The van der Waals surface area contributed by atoms with Crippen molar-refractivity contribution in [2.24, 2.45) is 7.05 Å². The molecule has 4 heterocycles. The first-order valence-electron chi connectivity index (χ1n) is 10.3. The van der Waals surface area contributed by atoms with Crippen LogP contribution in [0.2, 0.25) is 0 Å². The van der Waals surface area contributed by atoms with Gasteiger partial charge in [-0.1, -0.05) is 6.07 Å². The first kappa shape index (κ1) is 20.3.